The molecule has 0 atom stereocenters. The number of piperazine rings is 1. The standard InChI is InChI=1S/C30H28F4N6O2S/c1-4-22-25(12-19(31)15-36-22)40-24(11-17(2)3)20(28(41)39-9-7-35-8-10-39)13-21(29(40)42)27-38-23(16-43-27)18-5-6-26(37-14-18)30(32,33)34/h5-6,11-16,35H,4,7-10H2,1-3H3. The Morgan fingerprint density at radius 3 is 2.49 bits per heavy atom. The van der Waals surface area contributed by atoms with Gasteiger partial charge >= 0.3 is 6.18 Å². The Hall–Kier alpha value is -4.23. The number of nitrogens with zero attached hydrogens (tertiary/aromatic N) is 5. The topological polar surface area (TPSA) is 93.0 Å². The van der Waals surface area contributed by atoms with Crippen molar-refractivity contribution in [2.75, 3.05) is 26.2 Å². The molecule has 1 fully saturated rings. The largest absolute Gasteiger partial charge is 0.433 e. The summed E-state index contributed by atoms with van der Waals surface area (Å²) >= 11 is 1.10. The maximum Gasteiger partial charge on any atom is 0.433 e. The third-order valence-corrected chi connectivity index (χ3v) is 7.75. The number of hydrogen-bond acceptors (Lipinski definition) is 7. The lowest BCUT2D eigenvalue weighted by Gasteiger charge is -2.29. The molecule has 5 rings (SSSR count). The van der Waals surface area contributed by atoms with Gasteiger partial charge < -0.3 is 10.2 Å². The van der Waals surface area contributed by atoms with Crippen molar-refractivity contribution in [1.82, 2.24) is 29.7 Å². The SMILES string of the molecule is CCc1ncc(F)cc1-n1c(C=C(C)C)c(C(=O)N2CCNCC2)cc(-c2nc(-c3ccc(C(F)(F)F)nc3)cs2)c1=O. The second-order valence-corrected chi connectivity index (χ2v) is 11.1. The first-order valence-corrected chi connectivity index (χ1v) is 14.4. The molecule has 5 heterocycles. The number of allylic oxidation sites excluding steroid dienone is 1. The Balaban J connectivity index is 1.74. The van der Waals surface area contributed by atoms with E-state index in [0.717, 1.165) is 35.4 Å². The molecule has 13 heteroatoms. The average Bonchev–Trinajstić information content (AvgIpc) is 3.47. The van der Waals surface area contributed by atoms with Crippen molar-refractivity contribution in [3.05, 3.63) is 86.4 Å². The molecule has 4 aromatic heterocycles. The maximum atomic E-state index is 14.6. The molecule has 1 aliphatic heterocycles. The maximum absolute atomic E-state index is 14.6. The smallest absolute Gasteiger partial charge is 0.336 e. The van der Waals surface area contributed by atoms with Crippen LogP contribution < -0.4 is 10.9 Å². The molecule has 43 heavy (non-hydrogen) atoms. The van der Waals surface area contributed by atoms with Crippen LogP contribution in [0.4, 0.5) is 17.6 Å². The lowest BCUT2D eigenvalue weighted by Crippen LogP contribution is -2.47. The van der Waals surface area contributed by atoms with Crippen molar-refractivity contribution in [1.29, 1.82) is 0 Å². The highest BCUT2D eigenvalue weighted by Gasteiger charge is 2.32. The Morgan fingerprint density at radius 1 is 1.12 bits per heavy atom. The van der Waals surface area contributed by atoms with Gasteiger partial charge in [0.15, 0.2) is 0 Å². The summed E-state index contributed by atoms with van der Waals surface area (Å²) < 4.78 is 55.0. The van der Waals surface area contributed by atoms with E-state index in [1.54, 1.807) is 16.4 Å². The van der Waals surface area contributed by atoms with Crippen molar-refractivity contribution < 1.29 is 22.4 Å². The van der Waals surface area contributed by atoms with Crippen molar-refractivity contribution >= 4 is 23.3 Å². The molecule has 0 unspecified atom stereocenters. The number of amides is 1. The molecule has 4 aromatic rings. The van der Waals surface area contributed by atoms with E-state index in [4.69, 9.17) is 0 Å². The van der Waals surface area contributed by atoms with E-state index in [1.807, 2.05) is 20.8 Å². The second-order valence-electron chi connectivity index (χ2n) is 10.2. The zero-order valence-corrected chi connectivity index (χ0v) is 24.4. The summed E-state index contributed by atoms with van der Waals surface area (Å²) in [6, 6.07) is 4.85. The molecular weight excluding hydrogens is 584 g/mol. The number of carbonyl (C=O) groups excluding carboxylic acids is 1. The number of aromatic nitrogens is 4. The van der Waals surface area contributed by atoms with E-state index in [9.17, 15) is 27.2 Å². The van der Waals surface area contributed by atoms with Gasteiger partial charge in [-0.15, -0.1) is 11.3 Å². The minimum Gasteiger partial charge on any atom is -0.336 e. The van der Waals surface area contributed by atoms with Gasteiger partial charge in [0, 0.05) is 49.4 Å². The number of alkyl halides is 3. The van der Waals surface area contributed by atoms with Gasteiger partial charge in [-0.2, -0.15) is 13.2 Å². The van der Waals surface area contributed by atoms with Gasteiger partial charge in [-0.3, -0.25) is 24.1 Å². The second kappa shape index (κ2) is 12.2. The first-order valence-electron chi connectivity index (χ1n) is 13.6. The zero-order valence-electron chi connectivity index (χ0n) is 23.6. The van der Waals surface area contributed by atoms with E-state index in [0.29, 0.717) is 55.2 Å². The molecule has 1 amide bonds. The first-order chi connectivity index (χ1) is 20.5. The monoisotopic (exact) mass is 612 g/mol. The van der Waals surface area contributed by atoms with Gasteiger partial charge in [0.05, 0.1) is 40.1 Å². The summed E-state index contributed by atoms with van der Waals surface area (Å²) in [7, 11) is 0. The first kappa shape index (κ1) is 30.2. The molecule has 1 saturated heterocycles. The summed E-state index contributed by atoms with van der Waals surface area (Å²) in [5.74, 6) is -0.941. The number of nitrogens with one attached hydrogen (secondary N) is 1. The average molecular weight is 613 g/mol. The number of hydrogen-bond donors (Lipinski definition) is 1. The van der Waals surface area contributed by atoms with E-state index in [1.165, 1.54) is 22.8 Å². The van der Waals surface area contributed by atoms with Crippen LogP contribution >= 0.6 is 11.3 Å². The highest BCUT2D eigenvalue weighted by molar-refractivity contribution is 7.13. The molecule has 1 aliphatic rings. The summed E-state index contributed by atoms with van der Waals surface area (Å²) in [5.41, 5.74) is 1.17. The number of aryl methyl sites for hydroxylation is 1. The Bertz CT molecular complexity index is 1750. The summed E-state index contributed by atoms with van der Waals surface area (Å²) in [6.07, 6.45) is -0.324. The fourth-order valence-electron chi connectivity index (χ4n) is 4.81. The van der Waals surface area contributed by atoms with Crippen LogP contribution in [0.5, 0.6) is 0 Å². The quantitative estimate of drug-likeness (QED) is 0.285. The third kappa shape index (κ3) is 6.27. The summed E-state index contributed by atoms with van der Waals surface area (Å²) in [4.78, 5) is 42.2. The van der Waals surface area contributed by atoms with E-state index >= 15 is 0 Å². The predicted molar refractivity (Wildman–Crippen MR) is 157 cm³/mol. The molecule has 0 radical (unpaired) electrons. The van der Waals surface area contributed by atoms with Gasteiger partial charge in [-0.1, -0.05) is 12.5 Å². The van der Waals surface area contributed by atoms with Crippen LogP contribution in [-0.4, -0.2) is 56.5 Å². The minimum atomic E-state index is -4.58. The number of halogens is 4. The van der Waals surface area contributed by atoms with Gasteiger partial charge in [-0.25, -0.2) is 9.37 Å². The molecule has 0 aromatic carbocycles. The van der Waals surface area contributed by atoms with E-state index < -0.39 is 23.2 Å². The van der Waals surface area contributed by atoms with Gasteiger partial charge in [0.2, 0.25) is 0 Å². The fourth-order valence-corrected chi connectivity index (χ4v) is 5.65. The van der Waals surface area contributed by atoms with Crippen LogP contribution in [0.1, 0.15) is 48.2 Å². The molecule has 8 nitrogen and oxygen atoms in total. The Labute approximate surface area is 248 Å². The number of thiazole rings is 1. The molecule has 0 saturated carbocycles. The Morgan fingerprint density at radius 2 is 1.86 bits per heavy atom. The van der Waals surface area contributed by atoms with Gasteiger partial charge in [0.25, 0.3) is 11.5 Å². The molecule has 0 spiro atoms. The van der Waals surface area contributed by atoms with Crippen LogP contribution in [0.2, 0.25) is 0 Å². The molecule has 1 N–H and O–H groups in total. The number of rotatable bonds is 6. The minimum absolute atomic E-state index is 0.0897. The highest BCUT2D eigenvalue weighted by Crippen LogP contribution is 2.32. The van der Waals surface area contributed by atoms with Gasteiger partial charge in [0.1, 0.15) is 16.5 Å². The number of pyridine rings is 3. The lowest BCUT2D eigenvalue weighted by molar-refractivity contribution is -0.141. The third-order valence-electron chi connectivity index (χ3n) is 6.87. The van der Waals surface area contributed by atoms with Crippen molar-refractivity contribution in [3.8, 4) is 27.5 Å². The van der Waals surface area contributed by atoms with E-state index in [2.05, 4.69) is 20.3 Å². The fraction of sp³-hybridized carbons (Fsp3) is 0.300. The van der Waals surface area contributed by atoms with Crippen LogP contribution in [0.15, 0.2) is 52.4 Å². The van der Waals surface area contributed by atoms with Crippen molar-refractivity contribution in [3.63, 3.8) is 0 Å². The molecular formula is C30H28F4N6O2S. The van der Waals surface area contributed by atoms with Crippen LogP contribution in [0.25, 0.3) is 33.6 Å². The lowest BCUT2D eigenvalue weighted by atomic mass is 10.0. The van der Waals surface area contributed by atoms with E-state index in [-0.39, 0.29) is 27.7 Å². The van der Waals surface area contributed by atoms with Gasteiger partial charge in [-0.05, 0) is 44.5 Å². The predicted octanol–water partition coefficient (Wildman–Crippen LogP) is 5.61. The Kier molecular flexibility index (Phi) is 8.56. The molecule has 224 valence electrons. The van der Waals surface area contributed by atoms with Crippen LogP contribution in [0, 0.1) is 5.82 Å². The molecule has 0 bridgehead atoms. The number of carbonyl (C=O) groups is 1. The molecule has 0 aliphatic carbocycles. The highest BCUT2D eigenvalue weighted by atomic mass is 32.1. The summed E-state index contributed by atoms with van der Waals surface area (Å²) in [6.45, 7) is 7.64. The summed E-state index contributed by atoms with van der Waals surface area (Å²) in [5, 5.41) is 5.06. The normalized spacial score (nSPS) is 13.7. The van der Waals surface area contributed by atoms with Crippen molar-refractivity contribution in [2.45, 2.75) is 33.4 Å². The van der Waals surface area contributed by atoms with Crippen LogP contribution in [-0.2, 0) is 12.6 Å². The van der Waals surface area contributed by atoms with Crippen molar-refractivity contribution in [2.24, 2.45) is 0 Å². The van der Waals surface area contributed by atoms with Crippen LogP contribution in [0.3, 0.4) is 0 Å². The zero-order chi connectivity index (χ0) is 30.9.